The molecule has 0 heterocycles. The Bertz CT molecular complexity index is 125. The van der Waals surface area contributed by atoms with Crippen LogP contribution in [0, 0.1) is 0 Å². The van der Waals surface area contributed by atoms with Crippen LogP contribution in [0.1, 0.15) is 47.0 Å². The van der Waals surface area contributed by atoms with Crippen molar-refractivity contribution in [2.24, 2.45) is 0 Å². The van der Waals surface area contributed by atoms with E-state index in [4.69, 9.17) is 0 Å². The Morgan fingerprint density at radius 3 is 2.21 bits per heavy atom. The largest absolute Gasteiger partial charge is 0.313 e. The van der Waals surface area contributed by atoms with Crippen LogP contribution in [0.5, 0.6) is 0 Å². The predicted molar refractivity (Wildman–Crippen MR) is 64.8 cm³/mol. The summed E-state index contributed by atoms with van der Waals surface area (Å²) in [5, 5.41) is 3.59. The van der Waals surface area contributed by atoms with Crippen molar-refractivity contribution in [3.05, 3.63) is 0 Å². The Morgan fingerprint density at radius 1 is 1.14 bits per heavy atom. The maximum Gasteiger partial charge on any atom is 0.0192 e. The standard InChI is InChI=1S/C12H28N2/c1-6-9-13-12(8-3)10-14(5)11(4)7-2/h11-13H,6-10H2,1-5H3. The van der Waals surface area contributed by atoms with Crippen molar-refractivity contribution < 1.29 is 0 Å². The summed E-state index contributed by atoms with van der Waals surface area (Å²) < 4.78 is 0. The molecule has 2 atom stereocenters. The molecule has 86 valence electrons. The highest BCUT2D eigenvalue weighted by molar-refractivity contribution is 4.71. The zero-order valence-electron chi connectivity index (χ0n) is 10.6. The van der Waals surface area contributed by atoms with E-state index in [2.05, 4.69) is 45.0 Å². The summed E-state index contributed by atoms with van der Waals surface area (Å²) in [6, 6.07) is 1.36. The second-order valence-corrected chi connectivity index (χ2v) is 4.26. The molecule has 14 heavy (non-hydrogen) atoms. The number of hydrogen-bond acceptors (Lipinski definition) is 2. The number of nitrogens with one attached hydrogen (secondary N) is 1. The summed E-state index contributed by atoms with van der Waals surface area (Å²) in [7, 11) is 2.23. The Balaban J connectivity index is 3.79. The van der Waals surface area contributed by atoms with Gasteiger partial charge < -0.3 is 10.2 Å². The molecule has 0 aliphatic rings. The molecule has 0 aromatic rings. The first kappa shape index (κ1) is 13.9. The van der Waals surface area contributed by atoms with Crippen molar-refractivity contribution >= 4 is 0 Å². The normalized spacial score (nSPS) is 15.9. The lowest BCUT2D eigenvalue weighted by Crippen LogP contribution is -2.42. The van der Waals surface area contributed by atoms with E-state index in [1.54, 1.807) is 0 Å². The van der Waals surface area contributed by atoms with E-state index in [1.807, 2.05) is 0 Å². The second kappa shape index (κ2) is 8.25. The van der Waals surface area contributed by atoms with Gasteiger partial charge in [-0.3, -0.25) is 0 Å². The maximum absolute atomic E-state index is 3.59. The molecule has 2 nitrogen and oxygen atoms in total. The third-order valence-corrected chi connectivity index (χ3v) is 3.03. The van der Waals surface area contributed by atoms with Crippen LogP contribution >= 0.6 is 0 Å². The van der Waals surface area contributed by atoms with Crippen LogP contribution in [0.2, 0.25) is 0 Å². The van der Waals surface area contributed by atoms with E-state index in [9.17, 15) is 0 Å². The van der Waals surface area contributed by atoms with E-state index in [0.29, 0.717) is 12.1 Å². The molecule has 1 N–H and O–H groups in total. The zero-order chi connectivity index (χ0) is 11.0. The fraction of sp³-hybridized carbons (Fsp3) is 1.00. The Morgan fingerprint density at radius 2 is 1.79 bits per heavy atom. The summed E-state index contributed by atoms with van der Waals surface area (Å²) in [6.45, 7) is 11.3. The summed E-state index contributed by atoms with van der Waals surface area (Å²) in [6.07, 6.45) is 3.69. The van der Waals surface area contributed by atoms with Crippen LogP contribution in [-0.2, 0) is 0 Å². The van der Waals surface area contributed by atoms with Gasteiger partial charge in [-0.05, 0) is 39.8 Å². The van der Waals surface area contributed by atoms with Crippen LogP contribution < -0.4 is 5.32 Å². The molecular weight excluding hydrogens is 172 g/mol. The van der Waals surface area contributed by atoms with Crippen LogP contribution in [0.15, 0.2) is 0 Å². The van der Waals surface area contributed by atoms with E-state index in [-0.39, 0.29) is 0 Å². The van der Waals surface area contributed by atoms with Gasteiger partial charge in [0.15, 0.2) is 0 Å². The first-order valence-corrected chi connectivity index (χ1v) is 6.09. The van der Waals surface area contributed by atoms with Gasteiger partial charge >= 0.3 is 0 Å². The molecule has 0 saturated heterocycles. The van der Waals surface area contributed by atoms with E-state index < -0.39 is 0 Å². The monoisotopic (exact) mass is 200 g/mol. The molecule has 0 spiro atoms. The highest BCUT2D eigenvalue weighted by Crippen LogP contribution is 2.03. The van der Waals surface area contributed by atoms with Gasteiger partial charge in [0, 0.05) is 18.6 Å². The van der Waals surface area contributed by atoms with Gasteiger partial charge in [-0.15, -0.1) is 0 Å². The minimum Gasteiger partial charge on any atom is -0.313 e. The summed E-state index contributed by atoms with van der Waals surface area (Å²) in [5.74, 6) is 0. The average molecular weight is 200 g/mol. The number of rotatable bonds is 8. The summed E-state index contributed by atoms with van der Waals surface area (Å²) in [5.41, 5.74) is 0. The summed E-state index contributed by atoms with van der Waals surface area (Å²) in [4.78, 5) is 2.46. The van der Waals surface area contributed by atoms with Crippen molar-refractivity contribution in [3.63, 3.8) is 0 Å². The minimum absolute atomic E-state index is 0.661. The van der Waals surface area contributed by atoms with Crippen LogP contribution in [0.3, 0.4) is 0 Å². The number of likely N-dealkylation sites (N-methyl/N-ethyl adjacent to an activating group) is 1. The molecule has 0 rings (SSSR count). The molecule has 0 aliphatic carbocycles. The van der Waals surface area contributed by atoms with Gasteiger partial charge in [-0.25, -0.2) is 0 Å². The topological polar surface area (TPSA) is 15.3 Å². The Hall–Kier alpha value is -0.0800. The lowest BCUT2D eigenvalue weighted by atomic mass is 10.1. The Labute approximate surface area is 90.1 Å². The molecule has 0 aromatic carbocycles. The molecule has 0 aliphatic heterocycles. The zero-order valence-corrected chi connectivity index (χ0v) is 10.6. The third-order valence-electron chi connectivity index (χ3n) is 3.03. The van der Waals surface area contributed by atoms with Crippen molar-refractivity contribution in [3.8, 4) is 0 Å². The minimum atomic E-state index is 0.661. The van der Waals surface area contributed by atoms with Crippen molar-refractivity contribution in [1.82, 2.24) is 10.2 Å². The predicted octanol–water partition coefficient (Wildman–Crippen LogP) is 2.49. The van der Waals surface area contributed by atoms with Gasteiger partial charge in [-0.2, -0.15) is 0 Å². The molecule has 2 heteroatoms. The fourth-order valence-corrected chi connectivity index (χ4v) is 1.53. The SMILES string of the molecule is CCCNC(CC)CN(C)C(C)CC. The average Bonchev–Trinajstić information content (AvgIpc) is 2.22. The molecule has 0 fully saturated rings. The van der Waals surface area contributed by atoms with Gasteiger partial charge in [0.25, 0.3) is 0 Å². The molecule has 0 bridgehead atoms. The van der Waals surface area contributed by atoms with Gasteiger partial charge in [-0.1, -0.05) is 20.8 Å². The number of nitrogens with zero attached hydrogens (tertiary/aromatic N) is 1. The maximum atomic E-state index is 3.59. The smallest absolute Gasteiger partial charge is 0.0192 e. The van der Waals surface area contributed by atoms with Crippen LogP contribution in [0.4, 0.5) is 0 Å². The molecule has 0 saturated carbocycles. The highest BCUT2D eigenvalue weighted by Gasteiger charge is 2.12. The first-order valence-electron chi connectivity index (χ1n) is 6.09. The highest BCUT2D eigenvalue weighted by atomic mass is 15.1. The lowest BCUT2D eigenvalue weighted by molar-refractivity contribution is 0.221. The molecular formula is C12H28N2. The molecule has 0 radical (unpaired) electrons. The van der Waals surface area contributed by atoms with Gasteiger partial charge in [0.1, 0.15) is 0 Å². The quantitative estimate of drug-likeness (QED) is 0.647. The van der Waals surface area contributed by atoms with E-state index >= 15 is 0 Å². The van der Waals surface area contributed by atoms with Crippen molar-refractivity contribution in [2.75, 3.05) is 20.1 Å². The molecule has 0 amide bonds. The van der Waals surface area contributed by atoms with Crippen molar-refractivity contribution in [2.45, 2.75) is 59.0 Å². The van der Waals surface area contributed by atoms with E-state index in [0.717, 1.165) is 6.54 Å². The van der Waals surface area contributed by atoms with Crippen molar-refractivity contribution in [1.29, 1.82) is 0 Å². The Kier molecular flexibility index (Phi) is 8.20. The first-order chi connectivity index (χ1) is 6.65. The molecule has 0 aromatic heterocycles. The van der Waals surface area contributed by atoms with Gasteiger partial charge in [0.2, 0.25) is 0 Å². The second-order valence-electron chi connectivity index (χ2n) is 4.26. The van der Waals surface area contributed by atoms with Crippen LogP contribution in [-0.4, -0.2) is 37.1 Å². The van der Waals surface area contributed by atoms with E-state index in [1.165, 1.54) is 25.8 Å². The lowest BCUT2D eigenvalue weighted by Gasteiger charge is -2.28. The third kappa shape index (κ3) is 5.61. The fourth-order valence-electron chi connectivity index (χ4n) is 1.53. The number of hydrogen-bond donors (Lipinski definition) is 1. The molecule has 2 unspecified atom stereocenters. The summed E-state index contributed by atoms with van der Waals surface area (Å²) >= 11 is 0. The van der Waals surface area contributed by atoms with Crippen LogP contribution in [0.25, 0.3) is 0 Å². The van der Waals surface area contributed by atoms with Gasteiger partial charge in [0.05, 0.1) is 0 Å².